The maximum Gasteiger partial charge on any atom is 0.404 e. The third-order valence-electron chi connectivity index (χ3n) is 9.80. The molecule has 2 amide bonds. The molecular weight excluding hydrogens is 578 g/mol. The van der Waals surface area contributed by atoms with Crippen LogP contribution in [0.3, 0.4) is 0 Å². The molecule has 3 fully saturated rings. The van der Waals surface area contributed by atoms with E-state index in [2.05, 4.69) is 44.5 Å². The molecule has 44 heavy (non-hydrogen) atoms. The van der Waals surface area contributed by atoms with Crippen LogP contribution in [0, 0.1) is 17.8 Å². The second-order valence-electron chi connectivity index (χ2n) is 12.8. The van der Waals surface area contributed by atoms with Gasteiger partial charge in [-0.3, -0.25) is 9.48 Å². The van der Waals surface area contributed by atoms with E-state index in [9.17, 15) is 9.59 Å². The molecule has 0 unspecified atom stereocenters. The zero-order valence-corrected chi connectivity index (χ0v) is 26.1. The van der Waals surface area contributed by atoms with Gasteiger partial charge in [0.1, 0.15) is 5.02 Å². The highest BCUT2D eigenvalue weighted by atomic mass is 35.5. The molecule has 0 atom stereocenters. The summed E-state index contributed by atoms with van der Waals surface area (Å²) in [5.74, 6) is 1.66. The number of carbonyl (C=O) groups is 2. The number of pyridine rings is 1. The Labute approximate surface area is 263 Å². The average molecular weight is 620 g/mol. The number of anilines is 1. The number of methoxy groups -OCH3 is 1. The molecule has 3 aliphatic rings. The van der Waals surface area contributed by atoms with E-state index in [1.165, 1.54) is 12.8 Å². The molecule has 3 aromatic rings. The Morgan fingerprint density at radius 3 is 2.43 bits per heavy atom. The molecular formula is C34H42ClN5O4. The molecule has 6 rings (SSSR count). The first kappa shape index (κ1) is 30.4. The van der Waals surface area contributed by atoms with Gasteiger partial charge >= 0.3 is 6.09 Å². The first-order valence-electron chi connectivity index (χ1n) is 16.0. The minimum absolute atomic E-state index is 0.0544. The average Bonchev–Trinajstić information content (AvgIpc) is 3.78. The van der Waals surface area contributed by atoms with Crippen molar-refractivity contribution in [3.8, 4) is 17.0 Å². The van der Waals surface area contributed by atoms with Crippen LogP contribution in [0.15, 0.2) is 48.9 Å². The van der Waals surface area contributed by atoms with Crippen molar-refractivity contribution in [3.63, 3.8) is 0 Å². The van der Waals surface area contributed by atoms with Crippen molar-refractivity contribution in [1.29, 1.82) is 0 Å². The number of amides is 2. The number of carboxylic acid groups (broad SMARTS) is 1. The summed E-state index contributed by atoms with van der Waals surface area (Å²) in [5, 5.41) is 16.6. The summed E-state index contributed by atoms with van der Waals surface area (Å²) in [7, 11) is 1.57. The van der Waals surface area contributed by atoms with Crippen LogP contribution in [-0.4, -0.2) is 52.1 Å². The number of halogens is 1. The van der Waals surface area contributed by atoms with Crippen LogP contribution in [-0.2, 0) is 4.79 Å². The van der Waals surface area contributed by atoms with Crippen molar-refractivity contribution >= 4 is 29.3 Å². The normalized spacial score (nSPS) is 23.6. The standard InChI is InChI=1S/C34H42ClN5O4/c1-44-32-31(35)16-27(18-36-32)24-9-7-23(8-10-24)20-39(33(41)25-11-5-22(6-12-25)17-37-34(42)43)30-4-2-3-26(15-30)28-19-38-40(21-28)29-13-14-29/h2-4,15-16,18-19,21-25,29,37H,5-14,17,20H2,1H3,(H,42,43)/t22-,23-,24-,25-. The molecule has 10 heteroatoms. The van der Waals surface area contributed by atoms with Crippen molar-refractivity contribution in [2.45, 2.75) is 76.2 Å². The van der Waals surface area contributed by atoms with Crippen LogP contribution in [0.25, 0.3) is 11.1 Å². The fourth-order valence-electron chi connectivity index (χ4n) is 7.02. The maximum atomic E-state index is 14.2. The summed E-state index contributed by atoms with van der Waals surface area (Å²) < 4.78 is 7.29. The molecule has 0 spiro atoms. The van der Waals surface area contributed by atoms with Gasteiger partial charge < -0.3 is 20.1 Å². The molecule has 1 aromatic carbocycles. The molecule has 234 valence electrons. The summed E-state index contributed by atoms with van der Waals surface area (Å²) >= 11 is 6.37. The van der Waals surface area contributed by atoms with Crippen molar-refractivity contribution in [3.05, 3.63) is 59.5 Å². The first-order valence-corrected chi connectivity index (χ1v) is 16.4. The largest absolute Gasteiger partial charge is 0.480 e. The molecule has 0 radical (unpaired) electrons. The zero-order valence-electron chi connectivity index (χ0n) is 25.3. The summed E-state index contributed by atoms with van der Waals surface area (Å²) in [5.41, 5.74) is 4.23. The van der Waals surface area contributed by atoms with Gasteiger partial charge in [0.05, 0.1) is 19.3 Å². The van der Waals surface area contributed by atoms with E-state index in [0.717, 1.165) is 73.7 Å². The number of rotatable bonds is 10. The number of aromatic nitrogens is 3. The molecule has 2 aromatic heterocycles. The zero-order chi connectivity index (χ0) is 30.6. The molecule has 0 bridgehead atoms. The van der Waals surface area contributed by atoms with Crippen molar-refractivity contribution in [2.24, 2.45) is 17.8 Å². The van der Waals surface area contributed by atoms with Gasteiger partial charge in [-0.1, -0.05) is 23.7 Å². The quantitative estimate of drug-likeness (QED) is 0.246. The smallest absolute Gasteiger partial charge is 0.404 e. The van der Waals surface area contributed by atoms with Gasteiger partial charge in [0, 0.05) is 42.7 Å². The Bertz CT molecular complexity index is 1460. The summed E-state index contributed by atoms with van der Waals surface area (Å²) in [6.45, 7) is 1.15. The van der Waals surface area contributed by atoms with Crippen LogP contribution in [0.1, 0.15) is 81.7 Å². The lowest BCUT2D eigenvalue weighted by Gasteiger charge is -2.36. The van der Waals surface area contributed by atoms with Gasteiger partial charge in [0.25, 0.3) is 0 Å². The number of benzene rings is 1. The summed E-state index contributed by atoms with van der Waals surface area (Å²) in [4.78, 5) is 31.6. The van der Waals surface area contributed by atoms with Gasteiger partial charge in [-0.2, -0.15) is 5.10 Å². The van der Waals surface area contributed by atoms with E-state index >= 15 is 0 Å². The minimum atomic E-state index is -0.988. The van der Waals surface area contributed by atoms with Gasteiger partial charge in [-0.15, -0.1) is 0 Å². The topological polar surface area (TPSA) is 110 Å². The number of nitrogens with one attached hydrogen (secondary N) is 1. The Morgan fingerprint density at radius 1 is 1.00 bits per heavy atom. The van der Waals surface area contributed by atoms with Gasteiger partial charge in [0.15, 0.2) is 0 Å². The van der Waals surface area contributed by atoms with E-state index in [0.29, 0.717) is 41.9 Å². The SMILES string of the molecule is COc1ncc([C@H]2CC[C@H](CN(c3cccc(-c4cnn(C5CC5)c4)c3)C(=O)[C@H]3CC[C@H](CNC(=O)O)CC3)CC2)cc1Cl. The van der Waals surface area contributed by atoms with Crippen LogP contribution < -0.4 is 15.0 Å². The molecule has 3 saturated carbocycles. The van der Waals surface area contributed by atoms with E-state index in [-0.39, 0.29) is 17.7 Å². The Hall–Kier alpha value is -3.59. The predicted octanol–water partition coefficient (Wildman–Crippen LogP) is 7.32. The Morgan fingerprint density at radius 2 is 1.75 bits per heavy atom. The second kappa shape index (κ2) is 13.6. The van der Waals surface area contributed by atoms with Crippen molar-refractivity contribution in [1.82, 2.24) is 20.1 Å². The third-order valence-corrected chi connectivity index (χ3v) is 10.1. The highest BCUT2D eigenvalue weighted by Gasteiger charge is 2.33. The Kier molecular flexibility index (Phi) is 9.40. The molecule has 2 heterocycles. The van der Waals surface area contributed by atoms with Crippen LogP contribution >= 0.6 is 11.6 Å². The highest BCUT2D eigenvalue weighted by molar-refractivity contribution is 6.31. The maximum absolute atomic E-state index is 14.2. The van der Waals surface area contributed by atoms with E-state index in [4.69, 9.17) is 21.4 Å². The molecule has 2 N–H and O–H groups in total. The molecule has 0 saturated heterocycles. The van der Waals surface area contributed by atoms with Crippen LogP contribution in [0.2, 0.25) is 5.02 Å². The third kappa shape index (κ3) is 7.20. The van der Waals surface area contributed by atoms with Crippen molar-refractivity contribution in [2.75, 3.05) is 25.1 Å². The lowest BCUT2D eigenvalue weighted by Crippen LogP contribution is -2.42. The van der Waals surface area contributed by atoms with Crippen molar-refractivity contribution < 1.29 is 19.4 Å². The van der Waals surface area contributed by atoms with E-state index < -0.39 is 6.09 Å². The van der Waals surface area contributed by atoms with E-state index in [1.54, 1.807) is 7.11 Å². The van der Waals surface area contributed by atoms with Gasteiger partial charge in [-0.05, 0) is 111 Å². The molecule has 0 aliphatic heterocycles. The monoisotopic (exact) mass is 619 g/mol. The van der Waals surface area contributed by atoms with Gasteiger partial charge in [0.2, 0.25) is 11.8 Å². The molecule has 9 nitrogen and oxygen atoms in total. The number of carbonyl (C=O) groups excluding carboxylic acids is 1. The summed E-state index contributed by atoms with van der Waals surface area (Å²) in [6, 6.07) is 10.8. The van der Waals surface area contributed by atoms with E-state index in [1.807, 2.05) is 29.4 Å². The van der Waals surface area contributed by atoms with Gasteiger partial charge in [-0.25, -0.2) is 9.78 Å². The lowest BCUT2D eigenvalue weighted by molar-refractivity contribution is -0.123. The first-order chi connectivity index (χ1) is 21.4. The fourth-order valence-corrected chi connectivity index (χ4v) is 7.27. The molecule has 3 aliphatic carbocycles. The van der Waals surface area contributed by atoms with Crippen LogP contribution in [0.4, 0.5) is 10.5 Å². The second-order valence-corrected chi connectivity index (χ2v) is 13.2. The fraction of sp³-hybridized carbons (Fsp3) is 0.529. The number of nitrogens with zero attached hydrogens (tertiary/aromatic N) is 4. The lowest BCUT2D eigenvalue weighted by atomic mass is 9.78. The highest BCUT2D eigenvalue weighted by Crippen LogP contribution is 2.40. The number of ether oxygens (including phenoxy) is 1. The number of hydrogen-bond donors (Lipinski definition) is 2. The summed E-state index contributed by atoms with van der Waals surface area (Å²) in [6.07, 6.45) is 14.7. The minimum Gasteiger partial charge on any atom is -0.480 e. The predicted molar refractivity (Wildman–Crippen MR) is 170 cm³/mol. The Balaban J connectivity index is 1.17. The van der Waals surface area contributed by atoms with Crippen LogP contribution in [0.5, 0.6) is 5.88 Å². The number of hydrogen-bond acceptors (Lipinski definition) is 5.